The minimum absolute atomic E-state index is 0.270. The van der Waals surface area contributed by atoms with Crippen molar-refractivity contribution in [3.8, 4) is 0 Å². The zero-order valence-corrected chi connectivity index (χ0v) is 11.5. The zero-order valence-electron chi connectivity index (χ0n) is 11.5. The van der Waals surface area contributed by atoms with Crippen LogP contribution >= 0.6 is 0 Å². The van der Waals surface area contributed by atoms with Gasteiger partial charge in [-0.25, -0.2) is 0 Å². The molecule has 0 amide bonds. The summed E-state index contributed by atoms with van der Waals surface area (Å²) in [6.07, 6.45) is 8.36. The first-order valence-electron chi connectivity index (χ1n) is 7.03. The molecule has 16 heavy (non-hydrogen) atoms. The van der Waals surface area contributed by atoms with Crippen LogP contribution in [0.2, 0.25) is 0 Å². The third-order valence-corrected chi connectivity index (χ3v) is 3.79. The van der Waals surface area contributed by atoms with E-state index in [0.29, 0.717) is 0 Å². The van der Waals surface area contributed by atoms with Crippen molar-refractivity contribution < 1.29 is 0 Å². The number of hydrogen-bond acceptors (Lipinski definition) is 2. The maximum absolute atomic E-state index is 5.85. The van der Waals surface area contributed by atoms with Crippen LogP contribution in [-0.2, 0) is 0 Å². The molecule has 0 saturated heterocycles. The van der Waals surface area contributed by atoms with Crippen molar-refractivity contribution in [1.29, 1.82) is 0 Å². The van der Waals surface area contributed by atoms with Gasteiger partial charge in [0.2, 0.25) is 0 Å². The van der Waals surface area contributed by atoms with Gasteiger partial charge in [0.05, 0.1) is 0 Å². The molecule has 1 aliphatic carbocycles. The van der Waals surface area contributed by atoms with Crippen LogP contribution in [-0.4, -0.2) is 30.6 Å². The molecular weight excluding hydrogens is 196 g/mol. The molecule has 0 bridgehead atoms. The van der Waals surface area contributed by atoms with Crippen molar-refractivity contribution in [3.05, 3.63) is 0 Å². The van der Waals surface area contributed by atoms with E-state index in [0.717, 1.165) is 12.6 Å². The maximum atomic E-state index is 5.85. The summed E-state index contributed by atoms with van der Waals surface area (Å²) in [5.74, 6) is 0. The minimum Gasteiger partial charge on any atom is -0.330 e. The highest BCUT2D eigenvalue weighted by atomic mass is 15.2. The van der Waals surface area contributed by atoms with E-state index in [2.05, 4.69) is 25.7 Å². The Labute approximate surface area is 102 Å². The fraction of sp³-hybridized carbons (Fsp3) is 1.00. The molecule has 0 unspecified atom stereocenters. The van der Waals surface area contributed by atoms with E-state index in [4.69, 9.17) is 5.73 Å². The Morgan fingerprint density at radius 2 is 1.81 bits per heavy atom. The predicted octanol–water partition coefficient (Wildman–Crippen LogP) is 3.02. The first kappa shape index (κ1) is 14.0. The molecule has 0 aromatic rings. The molecule has 1 rings (SSSR count). The van der Waals surface area contributed by atoms with Gasteiger partial charge in [-0.05, 0) is 37.8 Å². The summed E-state index contributed by atoms with van der Waals surface area (Å²) in [6, 6.07) is 0.833. The highest BCUT2D eigenvalue weighted by Gasteiger charge is 2.26. The van der Waals surface area contributed by atoms with Crippen molar-refractivity contribution in [2.24, 2.45) is 11.1 Å². The van der Waals surface area contributed by atoms with Gasteiger partial charge in [-0.1, -0.05) is 40.0 Å². The van der Waals surface area contributed by atoms with Crippen molar-refractivity contribution in [1.82, 2.24) is 4.90 Å². The zero-order chi connectivity index (χ0) is 12.0. The van der Waals surface area contributed by atoms with Gasteiger partial charge in [-0.3, -0.25) is 4.90 Å². The Hall–Kier alpha value is -0.0800. The first-order valence-corrected chi connectivity index (χ1v) is 7.03. The summed E-state index contributed by atoms with van der Waals surface area (Å²) in [5, 5.41) is 0. The molecule has 2 N–H and O–H groups in total. The largest absolute Gasteiger partial charge is 0.330 e. The molecule has 1 aliphatic rings. The van der Waals surface area contributed by atoms with E-state index in [1.54, 1.807) is 0 Å². The van der Waals surface area contributed by atoms with E-state index < -0.39 is 0 Å². The highest BCUT2D eigenvalue weighted by Crippen LogP contribution is 2.26. The quantitative estimate of drug-likeness (QED) is 0.754. The summed E-state index contributed by atoms with van der Waals surface area (Å²) < 4.78 is 0. The normalized spacial score (nSPS) is 19.3. The second-order valence-electron chi connectivity index (χ2n) is 6.13. The molecular formula is C14H30N2. The number of nitrogens with zero attached hydrogens (tertiary/aromatic N) is 1. The maximum Gasteiger partial charge on any atom is 0.00954 e. The molecule has 96 valence electrons. The SMILES string of the molecule is CCCN(CC(C)(C)CN)C1CCCCC1. The van der Waals surface area contributed by atoms with Crippen LogP contribution in [0.4, 0.5) is 0 Å². The van der Waals surface area contributed by atoms with Crippen LogP contribution in [0.5, 0.6) is 0 Å². The van der Waals surface area contributed by atoms with Gasteiger partial charge < -0.3 is 5.73 Å². The molecule has 2 nitrogen and oxygen atoms in total. The summed E-state index contributed by atoms with van der Waals surface area (Å²) >= 11 is 0. The molecule has 0 radical (unpaired) electrons. The van der Waals surface area contributed by atoms with Crippen LogP contribution in [0.1, 0.15) is 59.3 Å². The Morgan fingerprint density at radius 3 is 2.31 bits per heavy atom. The van der Waals surface area contributed by atoms with Gasteiger partial charge in [-0.2, -0.15) is 0 Å². The number of nitrogens with two attached hydrogens (primary N) is 1. The van der Waals surface area contributed by atoms with Gasteiger partial charge in [0, 0.05) is 12.6 Å². The molecule has 0 heterocycles. The second kappa shape index (κ2) is 6.61. The number of rotatable bonds is 6. The summed E-state index contributed by atoms with van der Waals surface area (Å²) in [6.45, 7) is 10.1. The van der Waals surface area contributed by atoms with Gasteiger partial charge in [-0.15, -0.1) is 0 Å². The lowest BCUT2D eigenvalue weighted by molar-refractivity contribution is 0.107. The smallest absolute Gasteiger partial charge is 0.00954 e. The molecule has 2 heteroatoms. The van der Waals surface area contributed by atoms with Crippen molar-refractivity contribution in [2.75, 3.05) is 19.6 Å². The molecule has 0 spiro atoms. The topological polar surface area (TPSA) is 29.3 Å². The lowest BCUT2D eigenvalue weighted by atomic mass is 9.89. The van der Waals surface area contributed by atoms with Crippen LogP contribution in [0.25, 0.3) is 0 Å². The predicted molar refractivity (Wildman–Crippen MR) is 71.6 cm³/mol. The lowest BCUT2D eigenvalue weighted by Crippen LogP contribution is -2.45. The van der Waals surface area contributed by atoms with Gasteiger partial charge in [0.1, 0.15) is 0 Å². The molecule has 0 aliphatic heterocycles. The molecule has 0 aromatic carbocycles. The molecule has 0 atom stereocenters. The minimum atomic E-state index is 0.270. The molecule has 1 saturated carbocycles. The van der Waals surface area contributed by atoms with Crippen LogP contribution in [0, 0.1) is 5.41 Å². The monoisotopic (exact) mass is 226 g/mol. The first-order chi connectivity index (χ1) is 7.59. The van der Waals surface area contributed by atoms with E-state index in [1.165, 1.54) is 51.6 Å². The fourth-order valence-corrected chi connectivity index (χ4v) is 2.74. The van der Waals surface area contributed by atoms with E-state index >= 15 is 0 Å². The third kappa shape index (κ3) is 4.42. The van der Waals surface area contributed by atoms with Crippen molar-refractivity contribution in [2.45, 2.75) is 65.3 Å². The van der Waals surface area contributed by atoms with Crippen molar-refractivity contribution >= 4 is 0 Å². The van der Waals surface area contributed by atoms with Gasteiger partial charge >= 0.3 is 0 Å². The van der Waals surface area contributed by atoms with E-state index in [-0.39, 0.29) is 5.41 Å². The van der Waals surface area contributed by atoms with Crippen LogP contribution in [0.3, 0.4) is 0 Å². The Balaban J connectivity index is 2.51. The second-order valence-corrected chi connectivity index (χ2v) is 6.13. The fourth-order valence-electron chi connectivity index (χ4n) is 2.74. The van der Waals surface area contributed by atoms with Crippen molar-refractivity contribution in [3.63, 3.8) is 0 Å². The standard InChI is InChI=1S/C14H30N2/c1-4-10-16(12-14(2,3)11-15)13-8-6-5-7-9-13/h13H,4-12,15H2,1-3H3. The third-order valence-electron chi connectivity index (χ3n) is 3.79. The van der Waals surface area contributed by atoms with E-state index in [9.17, 15) is 0 Å². The highest BCUT2D eigenvalue weighted by molar-refractivity contribution is 4.81. The molecule has 0 aromatic heterocycles. The molecule has 1 fully saturated rings. The van der Waals surface area contributed by atoms with E-state index in [1.807, 2.05) is 0 Å². The summed E-state index contributed by atoms with van der Waals surface area (Å²) in [7, 11) is 0. The number of hydrogen-bond donors (Lipinski definition) is 1. The summed E-state index contributed by atoms with van der Waals surface area (Å²) in [4.78, 5) is 2.70. The average Bonchev–Trinajstić information content (AvgIpc) is 2.29. The Bertz CT molecular complexity index is 183. The Morgan fingerprint density at radius 1 is 1.19 bits per heavy atom. The van der Waals surface area contributed by atoms with Crippen LogP contribution in [0.15, 0.2) is 0 Å². The van der Waals surface area contributed by atoms with Crippen LogP contribution < -0.4 is 5.73 Å². The van der Waals surface area contributed by atoms with Gasteiger partial charge in [0.15, 0.2) is 0 Å². The lowest BCUT2D eigenvalue weighted by Gasteiger charge is -2.39. The summed E-state index contributed by atoms with van der Waals surface area (Å²) in [5.41, 5.74) is 6.12. The van der Waals surface area contributed by atoms with Gasteiger partial charge in [0.25, 0.3) is 0 Å². The average molecular weight is 226 g/mol. The Kier molecular flexibility index (Phi) is 5.77.